The number of H-pyrrole nitrogens is 1. The highest BCUT2D eigenvalue weighted by Gasteiger charge is 2.30. The van der Waals surface area contributed by atoms with Crippen molar-refractivity contribution >= 4 is 17.8 Å². The van der Waals surface area contributed by atoms with Gasteiger partial charge in [-0.2, -0.15) is 0 Å². The fraction of sp³-hybridized carbons (Fsp3) is 0.357. The van der Waals surface area contributed by atoms with E-state index < -0.39 is 17.9 Å². The van der Waals surface area contributed by atoms with Crippen molar-refractivity contribution in [2.75, 3.05) is 13.7 Å². The number of rotatable bonds is 9. The first-order valence-electron chi connectivity index (χ1n) is 12.5. The molecule has 0 aliphatic heterocycles. The Kier molecular flexibility index (Phi) is 8.35. The van der Waals surface area contributed by atoms with Gasteiger partial charge in [-0.25, -0.2) is 9.78 Å². The maximum Gasteiger partial charge on any atom is 0.356 e. The van der Waals surface area contributed by atoms with E-state index in [2.05, 4.69) is 10.3 Å². The predicted octanol–water partition coefficient (Wildman–Crippen LogP) is 3.13. The van der Waals surface area contributed by atoms with Crippen LogP contribution in [0.1, 0.15) is 64.0 Å². The van der Waals surface area contributed by atoms with Crippen LogP contribution in [0.2, 0.25) is 0 Å². The maximum absolute atomic E-state index is 13.3. The molecule has 1 saturated carbocycles. The standard InChI is InChI=1S/C28H33N5O4/c1-37-28(36)24-23(19-11-13-20(14-12-19)25(30)34)32-26(33-24)22(15-17-5-3-2-4-6-17)31-27(35)21-9-7-18(16-29)8-10-21/h2-6,11-14,18,21-22H,7-10,15-16,29H2,1H3,(H2,30,34)(H,31,35)(H,32,33)/t18?,21?,22-/m0/s1. The number of carbonyl (C=O) groups is 3. The number of ether oxygens (including phenoxy) is 1. The first-order valence-corrected chi connectivity index (χ1v) is 12.5. The van der Waals surface area contributed by atoms with E-state index in [1.165, 1.54) is 7.11 Å². The average molecular weight is 504 g/mol. The molecule has 1 aliphatic rings. The zero-order chi connectivity index (χ0) is 26.4. The lowest BCUT2D eigenvalue weighted by atomic mass is 9.81. The number of hydrogen-bond acceptors (Lipinski definition) is 6. The van der Waals surface area contributed by atoms with Gasteiger partial charge in [-0.1, -0.05) is 42.5 Å². The van der Waals surface area contributed by atoms with Gasteiger partial charge in [-0.05, 0) is 62.3 Å². The van der Waals surface area contributed by atoms with Crippen molar-refractivity contribution < 1.29 is 19.1 Å². The number of nitrogens with two attached hydrogens (primary N) is 2. The zero-order valence-corrected chi connectivity index (χ0v) is 20.9. The zero-order valence-electron chi connectivity index (χ0n) is 20.9. The molecule has 1 heterocycles. The van der Waals surface area contributed by atoms with Crippen LogP contribution in [0.4, 0.5) is 0 Å². The first kappa shape index (κ1) is 26.1. The summed E-state index contributed by atoms with van der Waals surface area (Å²) in [5.41, 5.74) is 13.7. The van der Waals surface area contributed by atoms with Crippen molar-refractivity contribution in [3.8, 4) is 11.3 Å². The van der Waals surface area contributed by atoms with E-state index in [0.29, 0.717) is 41.5 Å². The van der Waals surface area contributed by atoms with Crippen molar-refractivity contribution in [1.82, 2.24) is 15.3 Å². The molecule has 9 nitrogen and oxygen atoms in total. The number of esters is 1. The molecule has 4 rings (SSSR count). The molecule has 1 aliphatic carbocycles. The van der Waals surface area contributed by atoms with Gasteiger partial charge in [0.05, 0.1) is 13.2 Å². The fourth-order valence-electron chi connectivity index (χ4n) is 4.82. The third-order valence-electron chi connectivity index (χ3n) is 7.03. The molecule has 3 aromatic rings. The molecular formula is C28H33N5O4. The van der Waals surface area contributed by atoms with Crippen LogP contribution in [0.15, 0.2) is 54.6 Å². The second-order valence-corrected chi connectivity index (χ2v) is 9.48. The minimum absolute atomic E-state index is 0.0280. The van der Waals surface area contributed by atoms with Gasteiger partial charge in [0.2, 0.25) is 11.8 Å². The molecule has 9 heteroatoms. The number of benzene rings is 2. The van der Waals surface area contributed by atoms with E-state index in [4.69, 9.17) is 21.2 Å². The minimum Gasteiger partial charge on any atom is -0.464 e. The Labute approximate surface area is 216 Å². The van der Waals surface area contributed by atoms with E-state index in [0.717, 1.165) is 31.2 Å². The summed E-state index contributed by atoms with van der Waals surface area (Å²) in [6.45, 7) is 0.650. The summed E-state index contributed by atoms with van der Waals surface area (Å²) in [4.78, 5) is 45.3. The predicted molar refractivity (Wildman–Crippen MR) is 139 cm³/mol. The van der Waals surface area contributed by atoms with Crippen molar-refractivity contribution in [3.63, 3.8) is 0 Å². The monoisotopic (exact) mass is 503 g/mol. The summed E-state index contributed by atoms with van der Waals surface area (Å²) in [5.74, 6) is -0.328. The Morgan fingerprint density at radius 1 is 1.05 bits per heavy atom. The fourth-order valence-corrected chi connectivity index (χ4v) is 4.82. The van der Waals surface area contributed by atoms with Gasteiger partial charge in [0.15, 0.2) is 5.69 Å². The van der Waals surface area contributed by atoms with Gasteiger partial charge in [0.1, 0.15) is 11.5 Å². The van der Waals surface area contributed by atoms with E-state index in [9.17, 15) is 14.4 Å². The number of carbonyl (C=O) groups excluding carboxylic acids is 3. The van der Waals surface area contributed by atoms with Crippen molar-refractivity contribution in [3.05, 3.63) is 77.2 Å². The largest absolute Gasteiger partial charge is 0.464 e. The molecule has 0 spiro atoms. The number of imidazole rings is 1. The Morgan fingerprint density at radius 2 is 1.73 bits per heavy atom. The van der Waals surface area contributed by atoms with Crippen LogP contribution in [0.5, 0.6) is 0 Å². The average Bonchev–Trinajstić information content (AvgIpc) is 3.38. The molecule has 0 saturated heterocycles. The van der Waals surface area contributed by atoms with Gasteiger partial charge in [0.25, 0.3) is 0 Å². The van der Waals surface area contributed by atoms with Crippen LogP contribution in [-0.4, -0.2) is 41.4 Å². The summed E-state index contributed by atoms with van der Waals surface area (Å²) < 4.78 is 4.99. The number of aromatic nitrogens is 2. The van der Waals surface area contributed by atoms with Crippen LogP contribution in [0, 0.1) is 11.8 Å². The summed E-state index contributed by atoms with van der Waals surface area (Å²) in [7, 11) is 1.30. The molecule has 1 aromatic heterocycles. The lowest BCUT2D eigenvalue weighted by Gasteiger charge is -2.28. The highest BCUT2D eigenvalue weighted by atomic mass is 16.5. The number of hydrogen-bond donors (Lipinski definition) is 4. The number of primary amides is 1. The molecular weight excluding hydrogens is 470 g/mol. The van der Waals surface area contributed by atoms with Crippen molar-refractivity contribution in [2.45, 2.75) is 38.1 Å². The van der Waals surface area contributed by atoms with Gasteiger partial charge >= 0.3 is 5.97 Å². The molecule has 2 amide bonds. The molecule has 37 heavy (non-hydrogen) atoms. The smallest absolute Gasteiger partial charge is 0.356 e. The van der Waals surface area contributed by atoms with Crippen molar-refractivity contribution in [1.29, 1.82) is 0 Å². The number of nitrogens with zero attached hydrogens (tertiary/aromatic N) is 1. The summed E-state index contributed by atoms with van der Waals surface area (Å²) in [6, 6.07) is 15.8. The van der Waals surface area contributed by atoms with Crippen molar-refractivity contribution in [2.24, 2.45) is 23.3 Å². The number of nitrogens with one attached hydrogen (secondary N) is 2. The summed E-state index contributed by atoms with van der Waals surface area (Å²) in [6.07, 6.45) is 3.97. The normalized spacial score (nSPS) is 18.1. The number of amides is 2. The third-order valence-corrected chi connectivity index (χ3v) is 7.03. The van der Waals surface area contributed by atoms with Crippen LogP contribution >= 0.6 is 0 Å². The molecule has 0 unspecified atom stereocenters. The second-order valence-electron chi connectivity index (χ2n) is 9.48. The highest BCUT2D eigenvalue weighted by molar-refractivity contribution is 5.96. The van der Waals surface area contributed by atoms with Crippen LogP contribution in [-0.2, 0) is 16.0 Å². The van der Waals surface area contributed by atoms with Crippen LogP contribution < -0.4 is 16.8 Å². The Morgan fingerprint density at radius 3 is 2.32 bits per heavy atom. The van der Waals surface area contributed by atoms with E-state index >= 15 is 0 Å². The molecule has 2 aromatic carbocycles. The van der Waals surface area contributed by atoms with Gasteiger partial charge in [-0.15, -0.1) is 0 Å². The van der Waals surface area contributed by atoms with Gasteiger partial charge in [0, 0.05) is 17.0 Å². The Bertz CT molecular complexity index is 1230. The second kappa shape index (κ2) is 11.8. The van der Waals surface area contributed by atoms with E-state index in [-0.39, 0.29) is 17.5 Å². The molecule has 194 valence electrons. The first-order chi connectivity index (χ1) is 17.9. The van der Waals surface area contributed by atoms with E-state index in [1.807, 2.05) is 30.3 Å². The van der Waals surface area contributed by atoms with Gasteiger partial charge < -0.3 is 26.5 Å². The topological polar surface area (TPSA) is 153 Å². The van der Waals surface area contributed by atoms with Gasteiger partial charge in [-0.3, -0.25) is 9.59 Å². The quantitative estimate of drug-likeness (QED) is 0.329. The lowest BCUT2D eigenvalue weighted by molar-refractivity contribution is -0.127. The van der Waals surface area contributed by atoms with Crippen LogP contribution in [0.3, 0.4) is 0 Å². The van der Waals surface area contributed by atoms with Crippen LogP contribution in [0.25, 0.3) is 11.3 Å². The number of methoxy groups -OCH3 is 1. The highest BCUT2D eigenvalue weighted by Crippen LogP contribution is 2.30. The Hall–Kier alpha value is -3.98. The third kappa shape index (κ3) is 6.24. The molecule has 1 fully saturated rings. The Balaban J connectivity index is 1.66. The lowest BCUT2D eigenvalue weighted by Crippen LogP contribution is -2.37. The number of aromatic amines is 1. The molecule has 6 N–H and O–H groups in total. The molecule has 0 radical (unpaired) electrons. The maximum atomic E-state index is 13.3. The molecule has 1 atom stereocenters. The van der Waals surface area contributed by atoms with E-state index in [1.54, 1.807) is 24.3 Å². The summed E-state index contributed by atoms with van der Waals surface area (Å²) >= 11 is 0. The summed E-state index contributed by atoms with van der Waals surface area (Å²) in [5, 5.41) is 3.18. The molecule has 0 bridgehead atoms. The SMILES string of the molecule is COC(=O)c1[nH]c([C@H](Cc2ccccc2)NC(=O)C2CCC(CN)CC2)nc1-c1ccc(C(N)=O)cc1. The minimum atomic E-state index is -0.586.